The molecule has 1 N–H and O–H groups in total. The number of amides is 2. The SMILES string of the molecule is CC(C)(C)OC(=O)N1CCC(=CC(=O)NCc2ccc(F)c(F)c2)CC1. The molecule has 1 heterocycles. The third-order valence-electron chi connectivity index (χ3n) is 3.84. The highest BCUT2D eigenvalue weighted by atomic mass is 19.2. The molecule has 0 saturated carbocycles. The second kappa shape index (κ2) is 8.29. The van der Waals surface area contributed by atoms with Crippen LogP contribution in [0, 0.1) is 11.6 Å². The molecule has 1 aromatic rings. The van der Waals surface area contributed by atoms with Gasteiger partial charge in [0.15, 0.2) is 11.6 Å². The van der Waals surface area contributed by atoms with Crippen LogP contribution < -0.4 is 5.32 Å². The molecule has 1 aliphatic rings. The van der Waals surface area contributed by atoms with Crippen LogP contribution in [0.3, 0.4) is 0 Å². The van der Waals surface area contributed by atoms with E-state index in [0.29, 0.717) is 31.5 Å². The number of ether oxygens (including phenoxy) is 1. The molecule has 7 heteroatoms. The molecule has 26 heavy (non-hydrogen) atoms. The zero-order valence-electron chi connectivity index (χ0n) is 15.3. The molecular weight excluding hydrogens is 342 g/mol. The smallest absolute Gasteiger partial charge is 0.410 e. The Hall–Kier alpha value is -2.44. The van der Waals surface area contributed by atoms with E-state index >= 15 is 0 Å². The first-order valence-electron chi connectivity index (χ1n) is 8.53. The molecule has 0 unspecified atom stereocenters. The Balaban J connectivity index is 1.81. The number of nitrogens with one attached hydrogen (secondary N) is 1. The van der Waals surface area contributed by atoms with Crippen LogP contribution in [0.1, 0.15) is 39.2 Å². The number of carbonyl (C=O) groups is 2. The molecule has 142 valence electrons. The molecular formula is C19H24F2N2O3. The summed E-state index contributed by atoms with van der Waals surface area (Å²) in [5.41, 5.74) is 0.885. The Labute approximate surface area is 152 Å². The molecule has 1 aromatic carbocycles. The van der Waals surface area contributed by atoms with Crippen molar-refractivity contribution in [2.24, 2.45) is 0 Å². The summed E-state index contributed by atoms with van der Waals surface area (Å²) in [5, 5.41) is 2.65. The minimum absolute atomic E-state index is 0.115. The van der Waals surface area contributed by atoms with Crippen LogP contribution in [0.5, 0.6) is 0 Å². The van der Waals surface area contributed by atoms with Crippen molar-refractivity contribution in [3.63, 3.8) is 0 Å². The highest BCUT2D eigenvalue weighted by molar-refractivity contribution is 5.88. The van der Waals surface area contributed by atoms with Gasteiger partial charge in [-0.2, -0.15) is 0 Å². The number of halogens is 2. The molecule has 0 radical (unpaired) electrons. The molecule has 0 aromatic heterocycles. The molecule has 2 rings (SSSR count). The summed E-state index contributed by atoms with van der Waals surface area (Å²) in [6, 6.07) is 3.51. The number of piperidine rings is 1. The number of nitrogens with zero attached hydrogens (tertiary/aromatic N) is 1. The maximum absolute atomic E-state index is 13.1. The third-order valence-corrected chi connectivity index (χ3v) is 3.84. The van der Waals surface area contributed by atoms with E-state index in [9.17, 15) is 18.4 Å². The van der Waals surface area contributed by atoms with Gasteiger partial charge in [-0.25, -0.2) is 13.6 Å². The summed E-state index contributed by atoms with van der Waals surface area (Å²) >= 11 is 0. The first kappa shape index (κ1) is 19.9. The molecule has 1 saturated heterocycles. The zero-order chi connectivity index (χ0) is 19.3. The average molecular weight is 366 g/mol. The fraction of sp³-hybridized carbons (Fsp3) is 0.474. The number of benzene rings is 1. The largest absolute Gasteiger partial charge is 0.444 e. The van der Waals surface area contributed by atoms with Gasteiger partial charge in [-0.1, -0.05) is 11.6 Å². The van der Waals surface area contributed by atoms with E-state index in [0.717, 1.165) is 17.7 Å². The van der Waals surface area contributed by atoms with E-state index < -0.39 is 17.2 Å². The minimum Gasteiger partial charge on any atom is -0.444 e. The summed E-state index contributed by atoms with van der Waals surface area (Å²) in [6.07, 6.45) is 2.35. The van der Waals surface area contributed by atoms with Gasteiger partial charge in [0, 0.05) is 25.7 Å². The van der Waals surface area contributed by atoms with Crippen molar-refractivity contribution in [2.45, 2.75) is 45.8 Å². The average Bonchev–Trinajstić information content (AvgIpc) is 2.55. The van der Waals surface area contributed by atoms with Gasteiger partial charge in [0.25, 0.3) is 0 Å². The van der Waals surface area contributed by atoms with E-state index in [1.54, 1.807) is 4.90 Å². The van der Waals surface area contributed by atoms with Crippen molar-refractivity contribution < 1.29 is 23.1 Å². The fourth-order valence-electron chi connectivity index (χ4n) is 2.52. The van der Waals surface area contributed by atoms with Gasteiger partial charge in [0.05, 0.1) is 0 Å². The number of carbonyl (C=O) groups excluding carboxylic acids is 2. The van der Waals surface area contributed by atoms with Crippen LogP contribution in [-0.4, -0.2) is 35.6 Å². The molecule has 1 fully saturated rings. The van der Waals surface area contributed by atoms with E-state index in [-0.39, 0.29) is 18.5 Å². The van der Waals surface area contributed by atoms with Crippen molar-refractivity contribution in [3.05, 3.63) is 47.0 Å². The Morgan fingerprint density at radius 3 is 2.42 bits per heavy atom. The highest BCUT2D eigenvalue weighted by Crippen LogP contribution is 2.19. The summed E-state index contributed by atoms with van der Waals surface area (Å²) in [4.78, 5) is 25.6. The highest BCUT2D eigenvalue weighted by Gasteiger charge is 2.24. The first-order valence-corrected chi connectivity index (χ1v) is 8.53. The molecule has 0 atom stereocenters. The van der Waals surface area contributed by atoms with E-state index in [2.05, 4.69) is 5.32 Å². The van der Waals surface area contributed by atoms with Crippen molar-refractivity contribution in [3.8, 4) is 0 Å². The van der Waals surface area contributed by atoms with Gasteiger partial charge >= 0.3 is 6.09 Å². The molecule has 0 bridgehead atoms. The second-order valence-electron chi connectivity index (χ2n) is 7.24. The maximum atomic E-state index is 13.1. The second-order valence-corrected chi connectivity index (χ2v) is 7.24. The number of rotatable bonds is 3. The van der Waals surface area contributed by atoms with Crippen molar-refractivity contribution in [2.75, 3.05) is 13.1 Å². The monoisotopic (exact) mass is 366 g/mol. The van der Waals surface area contributed by atoms with Gasteiger partial charge in [0.2, 0.25) is 5.91 Å². The molecule has 2 amide bonds. The standard InChI is InChI=1S/C19H24F2N2O3/c1-19(2,3)26-18(25)23-8-6-13(7-9-23)11-17(24)22-12-14-4-5-15(20)16(21)10-14/h4-5,10-11H,6-9,12H2,1-3H3,(H,22,24). The number of hydrogen-bond acceptors (Lipinski definition) is 3. The van der Waals surface area contributed by atoms with Gasteiger partial charge < -0.3 is 15.0 Å². The number of hydrogen-bond donors (Lipinski definition) is 1. The fourth-order valence-corrected chi connectivity index (χ4v) is 2.52. The summed E-state index contributed by atoms with van der Waals surface area (Å²) < 4.78 is 31.3. The van der Waals surface area contributed by atoms with Crippen molar-refractivity contribution in [1.82, 2.24) is 10.2 Å². The Kier molecular flexibility index (Phi) is 6.34. The molecule has 0 aliphatic carbocycles. The molecule has 5 nitrogen and oxygen atoms in total. The van der Waals surface area contributed by atoms with Crippen LogP contribution in [0.15, 0.2) is 29.8 Å². The lowest BCUT2D eigenvalue weighted by atomic mass is 10.0. The number of likely N-dealkylation sites (tertiary alicyclic amines) is 1. The molecule has 1 aliphatic heterocycles. The van der Waals surface area contributed by atoms with E-state index in [1.807, 2.05) is 20.8 Å². The van der Waals surface area contributed by atoms with Gasteiger partial charge in [0.1, 0.15) is 5.60 Å². The normalized spacial score (nSPS) is 14.8. The Morgan fingerprint density at radius 1 is 1.19 bits per heavy atom. The zero-order valence-corrected chi connectivity index (χ0v) is 15.3. The topological polar surface area (TPSA) is 58.6 Å². The summed E-state index contributed by atoms with van der Waals surface area (Å²) in [5.74, 6) is -2.15. The van der Waals surface area contributed by atoms with Crippen LogP contribution in [0.2, 0.25) is 0 Å². The Morgan fingerprint density at radius 2 is 1.85 bits per heavy atom. The van der Waals surface area contributed by atoms with Crippen LogP contribution in [0.25, 0.3) is 0 Å². The van der Waals surface area contributed by atoms with E-state index in [4.69, 9.17) is 4.74 Å². The lowest BCUT2D eigenvalue weighted by Crippen LogP contribution is -2.40. The van der Waals surface area contributed by atoms with Crippen LogP contribution in [-0.2, 0) is 16.1 Å². The Bertz CT molecular complexity index is 701. The van der Waals surface area contributed by atoms with Crippen LogP contribution >= 0.6 is 0 Å². The first-order chi connectivity index (χ1) is 12.1. The maximum Gasteiger partial charge on any atom is 0.410 e. The predicted molar refractivity (Wildman–Crippen MR) is 93.3 cm³/mol. The summed E-state index contributed by atoms with van der Waals surface area (Å²) in [6.45, 7) is 6.56. The van der Waals surface area contributed by atoms with Gasteiger partial charge in [-0.05, 0) is 51.3 Å². The van der Waals surface area contributed by atoms with E-state index in [1.165, 1.54) is 12.1 Å². The van der Waals surface area contributed by atoms with Gasteiger partial charge in [-0.15, -0.1) is 0 Å². The van der Waals surface area contributed by atoms with Gasteiger partial charge in [-0.3, -0.25) is 4.79 Å². The predicted octanol–water partition coefficient (Wildman–Crippen LogP) is 3.54. The van der Waals surface area contributed by atoms with Crippen LogP contribution in [0.4, 0.5) is 13.6 Å². The lowest BCUT2D eigenvalue weighted by Gasteiger charge is -2.30. The minimum atomic E-state index is -0.940. The molecule has 0 spiro atoms. The van der Waals surface area contributed by atoms with Crippen molar-refractivity contribution in [1.29, 1.82) is 0 Å². The van der Waals surface area contributed by atoms with Crippen molar-refractivity contribution >= 4 is 12.0 Å². The summed E-state index contributed by atoms with van der Waals surface area (Å²) in [7, 11) is 0. The lowest BCUT2D eigenvalue weighted by molar-refractivity contribution is -0.116. The quantitative estimate of drug-likeness (QED) is 0.833. The third kappa shape index (κ3) is 6.13.